The van der Waals surface area contributed by atoms with E-state index in [9.17, 15) is 13.2 Å². The highest BCUT2D eigenvalue weighted by atomic mass is 35.5. The zero-order chi connectivity index (χ0) is 22.9. The highest BCUT2D eigenvalue weighted by Crippen LogP contribution is 2.30. The molecule has 0 spiro atoms. The van der Waals surface area contributed by atoms with Crippen molar-refractivity contribution in [2.75, 3.05) is 18.5 Å². The fourth-order valence-corrected chi connectivity index (χ4v) is 5.14. The minimum absolute atomic E-state index is 0.0963. The molecule has 2 aliphatic rings. The summed E-state index contributed by atoms with van der Waals surface area (Å²) < 4.78 is 44.9. The van der Waals surface area contributed by atoms with E-state index in [0.717, 1.165) is 0 Å². The minimum Gasteiger partial charge on any atom is -0.441 e. The monoisotopic (exact) mass is 480 g/mol. The van der Waals surface area contributed by atoms with Crippen molar-refractivity contribution in [3.8, 4) is 0 Å². The van der Waals surface area contributed by atoms with Gasteiger partial charge in [-0.1, -0.05) is 37.6 Å². The minimum atomic E-state index is -3.78. The summed E-state index contributed by atoms with van der Waals surface area (Å²) in [6, 6.07) is 12.8. The first kappa shape index (κ1) is 23.0. The molecule has 32 heavy (non-hydrogen) atoms. The van der Waals surface area contributed by atoms with E-state index in [0.29, 0.717) is 16.6 Å². The highest BCUT2D eigenvalue weighted by Gasteiger charge is 2.50. The molecule has 2 saturated heterocycles. The van der Waals surface area contributed by atoms with Crippen molar-refractivity contribution in [3.05, 3.63) is 59.1 Å². The predicted octanol–water partition coefficient (Wildman–Crippen LogP) is 3.53. The van der Waals surface area contributed by atoms with Crippen molar-refractivity contribution in [1.82, 2.24) is 4.72 Å². The van der Waals surface area contributed by atoms with Crippen LogP contribution in [-0.4, -0.2) is 52.1 Å². The highest BCUT2D eigenvalue weighted by molar-refractivity contribution is 7.89. The first-order valence-electron chi connectivity index (χ1n) is 10.3. The molecule has 2 aromatic rings. The van der Waals surface area contributed by atoms with Crippen LogP contribution in [0.3, 0.4) is 0 Å². The summed E-state index contributed by atoms with van der Waals surface area (Å²) in [6.45, 7) is 4.42. The fraction of sp³-hybridized carbons (Fsp3) is 0.409. The Morgan fingerprint density at radius 1 is 1.03 bits per heavy atom. The quantitative estimate of drug-likeness (QED) is 0.655. The smallest absolute Gasteiger partial charge is 0.412 e. The molecule has 0 aliphatic carbocycles. The molecule has 0 saturated carbocycles. The first-order chi connectivity index (χ1) is 15.2. The Morgan fingerprint density at radius 2 is 1.69 bits per heavy atom. The number of amides is 1. The third kappa shape index (κ3) is 5.07. The molecular weight excluding hydrogens is 456 g/mol. The van der Waals surface area contributed by atoms with Gasteiger partial charge in [0, 0.05) is 10.7 Å². The molecule has 0 aromatic heterocycles. The number of anilines is 1. The Bertz CT molecular complexity index is 1060. The molecule has 0 radical (unpaired) electrons. The molecule has 2 aliphatic heterocycles. The van der Waals surface area contributed by atoms with Gasteiger partial charge < -0.3 is 14.2 Å². The van der Waals surface area contributed by atoms with Crippen LogP contribution in [0.1, 0.15) is 25.3 Å². The summed E-state index contributed by atoms with van der Waals surface area (Å²) in [5.41, 5.74) is 1.79. The van der Waals surface area contributed by atoms with Crippen LogP contribution in [0.2, 0.25) is 5.02 Å². The third-order valence-corrected chi connectivity index (χ3v) is 7.28. The molecule has 0 unspecified atom stereocenters. The van der Waals surface area contributed by atoms with Crippen LogP contribution in [0.5, 0.6) is 0 Å². The Morgan fingerprint density at radius 3 is 2.34 bits per heavy atom. The standard InChI is InChI=1S/C22H25ClN2O6S/c1-13(2)14-3-7-16(8-4-14)24-22(26)31-19-12-30-20-18(11-29-21(19)20)25-32(27,28)17-9-5-15(23)6-10-17/h3-10,13,18-21,25H,11-12H2,1-2H3,(H,24,26)/t18-,19+,20+,21+/m0/s1. The molecule has 4 atom stereocenters. The van der Waals surface area contributed by atoms with Crippen LogP contribution in [0.15, 0.2) is 53.4 Å². The van der Waals surface area contributed by atoms with E-state index in [1.807, 2.05) is 24.3 Å². The van der Waals surface area contributed by atoms with Crippen LogP contribution in [-0.2, 0) is 24.2 Å². The number of halogens is 1. The summed E-state index contributed by atoms with van der Waals surface area (Å²) in [7, 11) is -3.78. The van der Waals surface area contributed by atoms with Crippen LogP contribution >= 0.6 is 11.6 Å². The van der Waals surface area contributed by atoms with Gasteiger partial charge >= 0.3 is 6.09 Å². The number of sulfonamides is 1. The van der Waals surface area contributed by atoms with Crippen LogP contribution in [0.25, 0.3) is 0 Å². The number of rotatable bonds is 6. The average molecular weight is 481 g/mol. The third-order valence-electron chi connectivity index (χ3n) is 5.52. The molecule has 2 N–H and O–H groups in total. The van der Waals surface area contributed by atoms with Gasteiger partial charge in [0.25, 0.3) is 0 Å². The van der Waals surface area contributed by atoms with Crippen LogP contribution in [0.4, 0.5) is 10.5 Å². The zero-order valence-electron chi connectivity index (χ0n) is 17.7. The maximum Gasteiger partial charge on any atom is 0.412 e. The van der Waals surface area contributed by atoms with Crippen molar-refractivity contribution >= 4 is 33.4 Å². The van der Waals surface area contributed by atoms with E-state index in [-0.39, 0.29) is 18.1 Å². The van der Waals surface area contributed by atoms with E-state index < -0.39 is 40.5 Å². The summed E-state index contributed by atoms with van der Waals surface area (Å²) in [5, 5.41) is 3.14. The number of hydrogen-bond acceptors (Lipinski definition) is 6. The summed E-state index contributed by atoms with van der Waals surface area (Å²) in [4.78, 5) is 12.4. The Hall–Kier alpha value is -2.17. The van der Waals surface area contributed by atoms with Gasteiger partial charge in [-0.2, -0.15) is 0 Å². The summed E-state index contributed by atoms with van der Waals surface area (Å²) >= 11 is 5.83. The van der Waals surface area contributed by atoms with Gasteiger partial charge in [-0.05, 0) is 47.9 Å². The number of carbonyl (C=O) groups is 1. The topological polar surface area (TPSA) is 103 Å². The lowest BCUT2D eigenvalue weighted by atomic mass is 10.0. The number of ether oxygens (including phenoxy) is 3. The van der Waals surface area contributed by atoms with Crippen LogP contribution in [0, 0.1) is 0 Å². The molecule has 172 valence electrons. The van der Waals surface area contributed by atoms with Gasteiger partial charge in [-0.25, -0.2) is 17.9 Å². The molecule has 2 aromatic carbocycles. The number of nitrogens with one attached hydrogen (secondary N) is 2. The fourth-order valence-electron chi connectivity index (χ4n) is 3.78. The zero-order valence-corrected chi connectivity index (χ0v) is 19.2. The molecule has 2 heterocycles. The van der Waals surface area contributed by atoms with Crippen molar-refractivity contribution in [2.45, 2.75) is 49.0 Å². The Kier molecular flexibility index (Phi) is 6.73. The second kappa shape index (κ2) is 9.36. The van der Waals surface area contributed by atoms with Gasteiger partial charge in [0.2, 0.25) is 10.0 Å². The average Bonchev–Trinajstić information content (AvgIpc) is 3.32. The van der Waals surface area contributed by atoms with Gasteiger partial charge in [-0.3, -0.25) is 5.32 Å². The summed E-state index contributed by atoms with van der Waals surface area (Å²) in [6.07, 6.45) is -2.37. The normalized spacial score (nSPS) is 25.0. The molecular formula is C22H25ClN2O6S. The second-order valence-corrected chi connectivity index (χ2v) is 10.3. The Balaban J connectivity index is 1.33. The van der Waals surface area contributed by atoms with Crippen molar-refractivity contribution < 1.29 is 27.4 Å². The number of fused-ring (bicyclic) bond motifs is 1. The number of benzene rings is 2. The predicted molar refractivity (Wildman–Crippen MR) is 119 cm³/mol. The van der Waals surface area contributed by atoms with Gasteiger partial charge in [0.05, 0.1) is 24.2 Å². The number of carbonyl (C=O) groups excluding carboxylic acids is 1. The lowest BCUT2D eigenvalue weighted by Gasteiger charge is -2.18. The van der Waals surface area contributed by atoms with Crippen molar-refractivity contribution in [2.24, 2.45) is 0 Å². The molecule has 1 amide bonds. The first-order valence-corrected chi connectivity index (χ1v) is 12.2. The van der Waals surface area contributed by atoms with E-state index in [4.69, 9.17) is 25.8 Å². The van der Waals surface area contributed by atoms with Crippen LogP contribution < -0.4 is 10.0 Å². The maximum atomic E-state index is 12.7. The number of hydrogen-bond donors (Lipinski definition) is 2. The van der Waals surface area contributed by atoms with Gasteiger partial charge in [0.1, 0.15) is 12.2 Å². The lowest BCUT2D eigenvalue weighted by molar-refractivity contribution is 0.00883. The summed E-state index contributed by atoms with van der Waals surface area (Å²) in [5.74, 6) is 0.396. The van der Waals surface area contributed by atoms with E-state index in [1.54, 1.807) is 0 Å². The van der Waals surface area contributed by atoms with Gasteiger partial charge in [-0.15, -0.1) is 0 Å². The van der Waals surface area contributed by atoms with E-state index >= 15 is 0 Å². The van der Waals surface area contributed by atoms with Gasteiger partial charge in [0.15, 0.2) is 6.10 Å². The molecule has 0 bridgehead atoms. The largest absolute Gasteiger partial charge is 0.441 e. The van der Waals surface area contributed by atoms with Crippen molar-refractivity contribution in [3.63, 3.8) is 0 Å². The lowest BCUT2D eigenvalue weighted by Crippen LogP contribution is -2.44. The molecule has 2 fully saturated rings. The molecule has 8 nitrogen and oxygen atoms in total. The SMILES string of the molecule is CC(C)c1ccc(NC(=O)O[C@@H]2CO[C@H]3[C@@H]2OC[C@@H]3NS(=O)(=O)c2ccc(Cl)cc2)cc1. The van der Waals surface area contributed by atoms with E-state index in [2.05, 4.69) is 23.9 Å². The van der Waals surface area contributed by atoms with E-state index in [1.165, 1.54) is 29.8 Å². The molecule has 10 heteroatoms. The van der Waals surface area contributed by atoms with Crippen molar-refractivity contribution in [1.29, 1.82) is 0 Å². The maximum absolute atomic E-state index is 12.7. The Labute approximate surface area is 192 Å². The molecule has 4 rings (SSSR count). The second-order valence-electron chi connectivity index (χ2n) is 8.12.